The van der Waals surface area contributed by atoms with Gasteiger partial charge in [-0.2, -0.15) is 0 Å². The third-order valence-electron chi connectivity index (χ3n) is 2.87. The SMILES string of the molecule is O=C(Cc1cccnc1)c1csc2ccccc12. The van der Waals surface area contributed by atoms with Gasteiger partial charge >= 0.3 is 0 Å². The molecule has 0 aliphatic carbocycles. The lowest BCUT2D eigenvalue weighted by Crippen LogP contribution is -2.02. The summed E-state index contributed by atoms with van der Waals surface area (Å²) in [6.45, 7) is 0. The van der Waals surface area contributed by atoms with E-state index in [4.69, 9.17) is 0 Å². The molecule has 2 heterocycles. The van der Waals surface area contributed by atoms with E-state index in [1.807, 2.05) is 41.8 Å². The van der Waals surface area contributed by atoms with Crippen LogP contribution in [0.4, 0.5) is 0 Å². The Balaban J connectivity index is 1.93. The highest BCUT2D eigenvalue weighted by Crippen LogP contribution is 2.26. The minimum Gasteiger partial charge on any atom is -0.294 e. The number of hydrogen-bond donors (Lipinski definition) is 0. The molecular weight excluding hydrogens is 242 g/mol. The van der Waals surface area contributed by atoms with Crippen LogP contribution in [0, 0.1) is 0 Å². The van der Waals surface area contributed by atoms with E-state index in [1.165, 1.54) is 0 Å². The Bertz CT molecular complexity index is 688. The van der Waals surface area contributed by atoms with Crippen molar-refractivity contribution < 1.29 is 4.79 Å². The van der Waals surface area contributed by atoms with Crippen LogP contribution in [-0.4, -0.2) is 10.8 Å². The smallest absolute Gasteiger partial charge is 0.168 e. The largest absolute Gasteiger partial charge is 0.294 e. The summed E-state index contributed by atoms with van der Waals surface area (Å²) in [6.07, 6.45) is 3.87. The Morgan fingerprint density at radius 3 is 2.89 bits per heavy atom. The number of hydrogen-bond acceptors (Lipinski definition) is 3. The molecule has 0 aliphatic rings. The van der Waals surface area contributed by atoms with Gasteiger partial charge in [-0.25, -0.2) is 0 Å². The number of Topliss-reactive ketones (excluding diaryl/α,β-unsaturated/α-hetero) is 1. The molecule has 0 saturated heterocycles. The first-order valence-electron chi connectivity index (χ1n) is 5.73. The van der Waals surface area contributed by atoms with Crippen molar-refractivity contribution in [2.45, 2.75) is 6.42 Å². The van der Waals surface area contributed by atoms with Crippen LogP contribution in [0.3, 0.4) is 0 Å². The summed E-state index contributed by atoms with van der Waals surface area (Å²) in [7, 11) is 0. The highest BCUT2D eigenvalue weighted by atomic mass is 32.1. The quantitative estimate of drug-likeness (QED) is 0.666. The number of benzene rings is 1. The van der Waals surface area contributed by atoms with Gasteiger partial charge in [0.05, 0.1) is 0 Å². The van der Waals surface area contributed by atoms with Crippen molar-refractivity contribution in [1.82, 2.24) is 4.98 Å². The van der Waals surface area contributed by atoms with Gasteiger partial charge in [-0.1, -0.05) is 24.3 Å². The molecule has 3 rings (SSSR count). The highest BCUT2D eigenvalue weighted by molar-refractivity contribution is 7.17. The van der Waals surface area contributed by atoms with E-state index in [0.29, 0.717) is 6.42 Å². The standard InChI is InChI=1S/C15H11NOS/c17-14(8-11-4-3-7-16-9-11)13-10-18-15-6-2-1-5-12(13)15/h1-7,9-10H,8H2. The van der Waals surface area contributed by atoms with Crippen molar-refractivity contribution in [3.63, 3.8) is 0 Å². The molecule has 3 aromatic rings. The van der Waals surface area contributed by atoms with Crippen LogP contribution in [0.15, 0.2) is 54.2 Å². The molecule has 2 aromatic heterocycles. The monoisotopic (exact) mass is 253 g/mol. The molecule has 0 fully saturated rings. The van der Waals surface area contributed by atoms with Crippen molar-refractivity contribution in [2.75, 3.05) is 0 Å². The maximum absolute atomic E-state index is 12.3. The van der Waals surface area contributed by atoms with Gasteiger partial charge in [-0.15, -0.1) is 11.3 Å². The molecule has 0 atom stereocenters. The van der Waals surface area contributed by atoms with E-state index in [2.05, 4.69) is 4.98 Å². The second-order valence-electron chi connectivity index (χ2n) is 4.11. The van der Waals surface area contributed by atoms with Gasteiger partial charge < -0.3 is 0 Å². The molecule has 0 radical (unpaired) electrons. The Morgan fingerprint density at radius 1 is 1.17 bits per heavy atom. The maximum Gasteiger partial charge on any atom is 0.168 e. The van der Waals surface area contributed by atoms with E-state index < -0.39 is 0 Å². The topological polar surface area (TPSA) is 30.0 Å². The zero-order valence-corrected chi connectivity index (χ0v) is 10.5. The van der Waals surface area contributed by atoms with Gasteiger partial charge in [-0.3, -0.25) is 9.78 Å². The summed E-state index contributed by atoms with van der Waals surface area (Å²) in [5.74, 6) is 0.153. The first kappa shape index (κ1) is 11.1. The minimum atomic E-state index is 0.153. The van der Waals surface area contributed by atoms with Crippen LogP contribution in [0.1, 0.15) is 15.9 Å². The number of nitrogens with zero attached hydrogens (tertiary/aromatic N) is 1. The molecule has 3 heteroatoms. The third-order valence-corrected chi connectivity index (χ3v) is 3.83. The first-order chi connectivity index (χ1) is 8.84. The lowest BCUT2D eigenvalue weighted by Gasteiger charge is -1.99. The van der Waals surface area contributed by atoms with Crippen LogP contribution in [0.5, 0.6) is 0 Å². The normalized spacial score (nSPS) is 10.7. The Hall–Kier alpha value is -2.00. The van der Waals surface area contributed by atoms with E-state index in [9.17, 15) is 4.79 Å². The minimum absolute atomic E-state index is 0.153. The van der Waals surface area contributed by atoms with Crippen molar-refractivity contribution >= 4 is 27.2 Å². The van der Waals surface area contributed by atoms with E-state index in [1.54, 1.807) is 23.7 Å². The second kappa shape index (κ2) is 4.70. The fraction of sp³-hybridized carbons (Fsp3) is 0.0667. The van der Waals surface area contributed by atoms with Crippen LogP contribution in [0.25, 0.3) is 10.1 Å². The lowest BCUT2D eigenvalue weighted by molar-refractivity contribution is 0.0995. The summed E-state index contributed by atoms with van der Waals surface area (Å²) < 4.78 is 1.16. The number of thiophene rings is 1. The lowest BCUT2D eigenvalue weighted by atomic mass is 10.0. The summed E-state index contributed by atoms with van der Waals surface area (Å²) in [6, 6.07) is 11.8. The van der Waals surface area contributed by atoms with Crippen molar-refractivity contribution in [1.29, 1.82) is 0 Å². The molecule has 0 spiro atoms. The van der Waals surface area contributed by atoms with Gasteiger partial charge in [0, 0.05) is 39.8 Å². The number of ketones is 1. The number of fused-ring (bicyclic) bond motifs is 1. The number of aromatic nitrogens is 1. The molecule has 2 nitrogen and oxygen atoms in total. The van der Waals surface area contributed by atoms with Crippen LogP contribution in [0.2, 0.25) is 0 Å². The molecule has 0 bridgehead atoms. The predicted octanol–water partition coefficient (Wildman–Crippen LogP) is 3.72. The third kappa shape index (κ3) is 2.05. The molecule has 0 unspecified atom stereocenters. The highest BCUT2D eigenvalue weighted by Gasteiger charge is 2.12. The Labute approximate surface area is 109 Å². The van der Waals surface area contributed by atoms with E-state index in [-0.39, 0.29) is 5.78 Å². The first-order valence-corrected chi connectivity index (χ1v) is 6.61. The molecule has 0 N–H and O–H groups in total. The average Bonchev–Trinajstić information content (AvgIpc) is 2.84. The zero-order chi connectivity index (χ0) is 12.4. The van der Waals surface area contributed by atoms with Gasteiger partial charge in [0.1, 0.15) is 0 Å². The van der Waals surface area contributed by atoms with Gasteiger partial charge in [0.2, 0.25) is 0 Å². The number of pyridine rings is 1. The van der Waals surface area contributed by atoms with Gasteiger partial charge in [0.25, 0.3) is 0 Å². The molecule has 18 heavy (non-hydrogen) atoms. The summed E-state index contributed by atoms with van der Waals surface area (Å²) in [4.78, 5) is 16.3. The van der Waals surface area contributed by atoms with Crippen LogP contribution < -0.4 is 0 Å². The summed E-state index contributed by atoms with van der Waals surface area (Å²) >= 11 is 1.62. The van der Waals surface area contributed by atoms with E-state index in [0.717, 1.165) is 21.2 Å². The number of carbonyl (C=O) groups excluding carboxylic acids is 1. The number of carbonyl (C=O) groups is 1. The van der Waals surface area contributed by atoms with Crippen molar-refractivity contribution in [3.05, 3.63) is 65.3 Å². The van der Waals surface area contributed by atoms with Crippen LogP contribution in [-0.2, 0) is 6.42 Å². The molecule has 0 amide bonds. The van der Waals surface area contributed by atoms with Crippen LogP contribution >= 0.6 is 11.3 Å². The molecular formula is C15H11NOS. The molecule has 0 aliphatic heterocycles. The zero-order valence-electron chi connectivity index (χ0n) is 9.67. The van der Waals surface area contributed by atoms with Crippen molar-refractivity contribution in [3.8, 4) is 0 Å². The summed E-state index contributed by atoms with van der Waals surface area (Å²) in [5.41, 5.74) is 1.78. The van der Waals surface area contributed by atoms with Crippen molar-refractivity contribution in [2.24, 2.45) is 0 Å². The second-order valence-corrected chi connectivity index (χ2v) is 5.02. The Kier molecular flexibility index (Phi) is 2.90. The number of rotatable bonds is 3. The van der Waals surface area contributed by atoms with Gasteiger partial charge in [-0.05, 0) is 17.7 Å². The molecule has 0 saturated carbocycles. The average molecular weight is 253 g/mol. The molecule has 88 valence electrons. The van der Waals surface area contributed by atoms with E-state index >= 15 is 0 Å². The molecule has 1 aromatic carbocycles. The maximum atomic E-state index is 12.3. The fourth-order valence-corrected chi connectivity index (χ4v) is 2.94. The Morgan fingerprint density at radius 2 is 2.06 bits per heavy atom. The summed E-state index contributed by atoms with van der Waals surface area (Å²) in [5, 5.41) is 3.00. The van der Waals surface area contributed by atoms with Gasteiger partial charge in [0.15, 0.2) is 5.78 Å². The fourth-order valence-electron chi connectivity index (χ4n) is 1.98. The predicted molar refractivity (Wildman–Crippen MR) is 74.1 cm³/mol.